The first-order valence-corrected chi connectivity index (χ1v) is 9.73. The second-order valence-electron chi connectivity index (χ2n) is 7.32. The summed E-state index contributed by atoms with van der Waals surface area (Å²) in [5.41, 5.74) is 0.371. The van der Waals surface area contributed by atoms with Crippen LogP contribution in [0, 0.1) is 30.2 Å². The largest absolute Gasteiger partial charge is 0.503 e. The summed E-state index contributed by atoms with van der Waals surface area (Å²) in [6, 6.07) is 6.99. The number of carbonyl (C=O) groups is 1. The molecule has 0 aliphatic rings. The third-order valence-corrected chi connectivity index (χ3v) is 5.11. The van der Waals surface area contributed by atoms with Crippen LogP contribution in [-0.4, -0.2) is 15.6 Å². The van der Waals surface area contributed by atoms with Crippen molar-refractivity contribution in [3.8, 4) is 5.75 Å². The van der Waals surface area contributed by atoms with Gasteiger partial charge in [-0.3, -0.25) is 9.59 Å². The van der Waals surface area contributed by atoms with Crippen molar-refractivity contribution in [1.29, 1.82) is 0 Å². The predicted molar refractivity (Wildman–Crippen MR) is 109 cm³/mol. The molecule has 1 unspecified atom stereocenters. The van der Waals surface area contributed by atoms with Crippen molar-refractivity contribution in [2.24, 2.45) is 0 Å². The zero-order valence-electron chi connectivity index (χ0n) is 17.0. The minimum Gasteiger partial charge on any atom is -0.503 e. The molecular formula is C23H20F4N2O3. The first-order chi connectivity index (χ1) is 15.2. The molecule has 0 fully saturated rings. The molecule has 0 radical (unpaired) electrons. The highest BCUT2D eigenvalue weighted by molar-refractivity contribution is 5.76. The molecule has 2 aromatic carbocycles. The fourth-order valence-corrected chi connectivity index (χ4v) is 3.29. The minimum atomic E-state index is -1.09. The molecule has 1 heterocycles. The monoisotopic (exact) mass is 448 g/mol. The summed E-state index contributed by atoms with van der Waals surface area (Å²) in [7, 11) is 0. The number of halogens is 4. The van der Waals surface area contributed by atoms with E-state index in [0.29, 0.717) is 11.1 Å². The molecule has 1 amide bonds. The van der Waals surface area contributed by atoms with Gasteiger partial charge >= 0.3 is 0 Å². The van der Waals surface area contributed by atoms with Gasteiger partial charge in [-0.2, -0.15) is 0 Å². The molecule has 3 rings (SSSR count). The molecule has 0 spiro atoms. The van der Waals surface area contributed by atoms with Crippen LogP contribution in [-0.2, 0) is 17.8 Å². The average molecular weight is 448 g/mol. The normalized spacial score (nSPS) is 11.9. The van der Waals surface area contributed by atoms with E-state index < -0.39 is 46.4 Å². The van der Waals surface area contributed by atoms with Gasteiger partial charge in [0.15, 0.2) is 29.0 Å². The van der Waals surface area contributed by atoms with Crippen LogP contribution in [0.2, 0.25) is 0 Å². The molecule has 9 heteroatoms. The lowest BCUT2D eigenvalue weighted by atomic mass is 9.98. The maximum atomic E-state index is 13.8. The number of nitrogens with zero attached hydrogens (tertiary/aromatic N) is 1. The molecule has 168 valence electrons. The van der Waals surface area contributed by atoms with Gasteiger partial charge in [0.25, 0.3) is 0 Å². The summed E-state index contributed by atoms with van der Waals surface area (Å²) in [4.78, 5) is 24.1. The molecule has 0 aliphatic carbocycles. The fourth-order valence-electron chi connectivity index (χ4n) is 3.29. The van der Waals surface area contributed by atoms with Gasteiger partial charge in [0.2, 0.25) is 11.3 Å². The fraction of sp³-hybridized carbons (Fsp3) is 0.217. The molecule has 1 atom stereocenters. The Labute approximate surface area is 180 Å². The number of benzene rings is 2. The Morgan fingerprint density at radius 1 is 1.00 bits per heavy atom. The van der Waals surface area contributed by atoms with Gasteiger partial charge in [0.1, 0.15) is 6.54 Å². The predicted octanol–water partition coefficient (Wildman–Crippen LogP) is 3.91. The molecule has 0 bridgehead atoms. The molecular weight excluding hydrogens is 428 g/mol. The highest BCUT2D eigenvalue weighted by atomic mass is 19.2. The van der Waals surface area contributed by atoms with Gasteiger partial charge in [-0.25, -0.2) is 17.6 Å². The molecule has 5 nitrogen and oxygen atoms in total. The van der Waals surface area contributed by atoms with E-state index in [1.165, 1.54) is 29.8 Å². The van der Waals surface area contributed by atoms with E-state index >= 15 is 0 Å². The summed E-state index contributed by atoms with van der Waals surface area (Å²) in [6.45, 7) is 1.23. The summed E-state index contributed by atoms with van der Waals surface area (Å²) in [5, 5.41) is 12.5. The van der Waals surface area contributed by atoms with Gasteiger partial charge in [0, 0.05) is 12.3 Å². The number of amides is 1. The van der Waals surface area contributed by atoms with E-state index in [1.54, 1.807) is 0 Å². The van der Waals surface area contributed by atoms with Gasteiger partial charge in [0.05, 0.1) is 11.7 Å². The average Bonchev–Trinajstić information content (AvgIpc) is 2.76. The number of pyridine rings is 1. The number of aromatic nitrogens is 1. The topological polar surface area (TPSA) is 71.3 Å². The summed E-state index contributed by atoms with van der Waals surface area (Å²) >= 11 is 0. The van der Waals surface area contributed by atoms with Crippen LogP contribution >= 0.6 is 0 Å². The molecule has 1 aromatic heterocycles. The lowest BCUT2D eigenvalue weighted by Crippen LogP contribution is -2.32. The minimum absolute atomic E-state index is 0.191. The van der Waals surface area contributed by atoms with Crippen molar-refractivity contribution in [3.05, 3.63) is 99.0 Å². The summed E-state index contributed by atoms with van der Waals surface area (Å²) in [6.07, 6.45) is 1.76. The standard InChI is InChI=1S/C23H20F4N2O3/c1-13-23(32)21(30)8-9-29(13)12-22(31)28-20(15-4-6-17(25)19(27)11-15)7-3-14-2-5-16(24)18(26)10-14/h2,4-6,8-11,20,32H,3,7,12H2,1H3,(H,28,31). The maximum Gasteiger partial charge on any atom is 0.240 e. The number of carbonyl (C=O) groups excluding carboxylic acids is 1. The van der Waals surface area contributed by atoms with Gasteiger partial charge in [-0.05, 0) is 55.2 Å². The lowest BCUT2D eigenvalue weighted by molar-refractivity contribution is -0.122. The van der Waals surface area contributed by atoms with Gasteiger partial charge in [-0.1, -0.05) is 12.1 Å². The quantitative estimate of drug-likeness (QED) is 0.539. The van der Waals surface area contributed by atoms with E-state index in [2.05, 4.69) is 5.32 Å². The second kappa shape index (κ2) is 9.67. The zero-order valence-corrected chi connectivity index (χ0v) is 17.0. The number of aromatic hydroxyl groups is 1. The second-order valence-corrected chi connectivity index (χ2v) is 7.32. The van der Waals surface area contributed by atoms with Gasteiger partial charge in [-0.15, -0.1) is 0 Å². The van der Waals surface area contributed by atoms with Crippen LogP contribution in [0.3, 0.4) is 0 Å². The number of hydrogen-bond donors (Lipinski definition) is 2. The first kappa shape index (κ1) is 23.1. The van der Waals surface area contributed by atoms with Gasteiger partial charge < -0.3 is 15.0 Å². The smallest absolute Gasteiger partial charge is 0.240 e. The van der Waals surface area contributed by atoms with Crippen LogP contribution in [0.4, 0.5) is 17.6 Å². The molecule has 0 aliphatic heterocycles. The van der Waals surface area contributed by atoms with E-state index in [1.807, 2.05) is 0 Å². The third kappa shape index (κ3) is 5.35. The molecule has 3 aromatic rings. The van der Waals surface area contributed by atoms with E-state index in [0.717, 1.165) is 30.3 Å². The van der Waals surface area contributed by atoms with Crippen LogP contribution in [0.15, 0.2) is 53.5 Å². The Morgan fingerprint density at radius 2 is 1.66 bits per heavy atom. The molecule has 0 saturated heterocycles. The van der Waals surface area contributed by atoms with Crippen molar-refractivity contribution in [3.63, 3.8) is 0 Å². The van der Waals surface area contributed by atoms with Crippen LogP contribution in [0.1, 0.15) is 29.3 Å². The molecule has 32 heavy (non-hydrogen) atoms. The van der Waals surface area contributed by atoms with Crippen LogP contribution in [0.25, 0.3) is 0 Å². The van der Waals surface area contributed by atoms with Crippen molar-refractivity contribution in [2.45, 2.75) is 32.4 Å². The number of nitrogens with one attached hydrogen (secondary N) is 1. The van der Waals surface area contributed by atoms with Crippen molar-refractivity contribution in [2.75, 3.05) is 0 Å². The maximum absolute atomic E-state index is 13.8. The van der Waals surface area contributed by atoms with E-state index in [-0.39, 0.29) is 25.1 Å². The van der Waals surface area contributed by atoms with E-state index in [9.17, 15) is 32.3 Å². The summed E-state index contributed by atoms with van der Waals surface area (Å²) in [5.74, 6) is -5.12. The first-order valence-electron chi connectivity index (χ1n) is 9.73. The van der Waals surface area contributed by atoms with Crippen LogP contribution in [0.5, 0.6) is 5.75 Å². The van der Waals surface area contributed by atoms with Crippen molar-refractivity contribution < 1.29 is 27.5 Å². The van der Waals surface area contributed by atoms with E-state index in [4.69, 9.17) is 0 Å². The Balaban J connectivity index is 1.80. The van der Waals surface area contributed by atoms with Crippen molar-refractivity contribution in [1.82, 2.24) is 9.88 Å². The summed E-state index contributed by atoms with van der Waals surface area (Å²) < 4.78 is 55.2. The highest BCUT2D eigenvalue weighted by Gasteiger charge is 2.18. The molecule has 2 N–H and O–H groups in total. The third-order valence-electron chi connectivity index (χ3n) is 5.11. The Kier molecular flexibility index (Phi) is 6.97. The van der Waals surface area contributed by atoms with Crippen molar-refractivity contribution >= 4 is 5.91 Å². The van der Waals surface area contributed by atoms with Crippen LogP contribution < -0.4 is 10.7 Å². The lowest BCUT2D eigenvalue weighted by Gasteiger charge is -2.21. The zero-order chi connectivity index (χ0) is 23.4. The number of rotatable bonds is 7. The Bertz CT molecular complexity index is 1210. The SMILES string of the molecule is Cc1c(O)c(=O)ccn1CC(=O)NC(CCc1ccc(F)c(F)c1)c1ccc(F)c(F)c1. The Morgan fingerprint density at radius 3 is 2.31 bits per heavy atom. The highest BCUT2D eigenvalue weighted by Crippen LogP contribution is 2.22. The number of hydrogen-bond acceptors (Lipinski definition) is 3. The Hall–Kier alpha value is -3.62. The molecule has 0 saturated carbocycles. The number of aryl methyl sites for hydroxylation is 1.